The highest BCUT2D eigenvalue weighted by Gasteiger charge is 2.14. The number of nitrogen functional groups attached to an aromatic ring is 2. The summed E-state index contributed by atoms with van der Waals surface area (Å²) in [7, 11) is 3.22. The maximum Gasteiger partial charge on any atom is 0.142 e. The third-order valence-electron chi connectivity index (χ3n) is 2.93. The van der Waals surface area contributed by atoms with E-state index in [4.69, 9.17) is 20.9 Å². The summed E-state index contributed by atoms with van der Waals surface area (Å²) in [5.74, 6) is 1.32. The van der Waals surface area contributed by atoms with E-state index in [0.29, 0.717) is 22.9 Å². The van der Waals surface area contributed by atoms with Gasteiger partial charge in [0.1, 0.15) is 11.5 Å². The third-order valence-corrected chi connectivity index (χ3v) is 4.71. The Morgan fingerprint density at radius 3 is 1.40 bits per heavy atom. The predicted octanol–water partition coefficient (Wildman–Crippen LogP) is 3.74. The van der Waals surface area contributed by atoms with Gasteiger partial charge in [0.25, 0.3) is 0 Å². The zero-order valence-electron chi connectivity index (χ0n) is 11.0. The molecular weight excluding hydrogens is 482 g/mol. The minimum absolute atomic E-state index is 0.623. The molecule has 2 aromatic carbocycles. The van der Waals surface area contributed by atoms with Gasteiger partial charge in [0.15, 0.2) is 0 Å². The molecule has 0 unspecified atom stereocenters. The summed E-state index contributed by atoms with van der Waals surface area (Å²) in [6, 6.07) is 7.66. The number of rotatable bonds is 3. The summed E-state index contributed by atoms with van der Waals surface area (Å²) >= 11 is 4.52. The molecule has 4 N–H and O–H groups in total. The number of methoxy groups -OCH3 is 2. The van der Waals surface area contributed by atoms with Crippen LogP contribution >= 0.6 is 45.2 Å². The first-order chi connectivity index (χ1) is 9.47. The lowest BCUT2D eigenvalue weighted by Gasteiger charge is -2.14. The van der Waals surface area contributed by atoms with Gasteiger partial charge in [0.05, 0.1) is 25.6 Å². The Morgan fingerprint density at radius 1 is 0.750 bits per heavy atom. The Labute approximate surface area is 145 Å². The fourth-order valence-corrected chi connectivity index (χ4v) is 3.47. The van der Waals surface area contributed by atoms with Crippen molar-refractivity contribution < 1.29 is 9.47 Å². The number of anilines is 2. The molecule has 4 nitrogen and oxygen atoms in total. The Bertz CT molecular complexity index is 603. The fourth-order valence-electron chi connectivity index (χ4n) is 1.90. The third kappa shape index (κ3) is 2.90. The monoisotopic (exact) mass is 496 g/mol. The molecule has 0 heterocycles. The number of hydrogen-bond acceptors (Lipinski definition) is 4. The molecule has 2 aromatic rings. The first-order valence-electron chi connectivity index (χ1n) is 5.74. The van der Waals surface area contributed by atoms with Crippen molar-refractivity contribution in [1.82, 2.24) is 0 Å². The van der Waals surface area contributed by atoms with E-state index >= 15 is 0 Å². The largest absolute Gasteiger partial charge is 0.495 e. The second kappa shape index (κ2) is 6.25. The standard InChI is InChI=1S/C14H14I2N2O2/c1-19-13-3-7(9(15)5-11(13)17)8-4-14(20-2)12(18)6-10(8)16/h3-6H,17-18H2,1-2H3. The molecule has 0 radical (unpaired) electrons. The van der Waals surface area contributed by atoms with Crippen LogP contribution in [-0.2, 0) is 0 Å². The van der Waals surface area contributed by atoms with Crippen LogP contribution in [0.1, 0.15) is 0 Å². The summed E-state index contributed by atoms with van der Waals surface area (Å²) < 4.78 is 12.7. The molecule has 20 heavy (non-hydrogen) atoms. The second-order valence-electron chi connectivity index (χ2n) is 4.15. The maximum atomic E-state index is 5.92. The van der Waals surface area contributed by atoms with Crippen molar-refractivity contribution in [3.05, 3.63) is 31.4 Å². The maximum absolute atomic E-state index is 5.92. The lowest BCUT2D eigenvalue weighted by molar-refractivity contribution is 0.416. The summed E-state index contributed by atoms with van der Waals surface area (Å²) in [4.78, 5) is 0. The number of halogens is 2. The SMILES string of the molecule is COc1cc(-c2cc(OC)c(N)cc2I)c(I)cc1N. The normalized spacial score (nSPS) is 10.4. The first-order valence-corrected chi connectivity index (χ1v) is 7.90. The van der Waals surface area contributed by atoms with Crippen molar-refractivity contribution in [2.75, 3.05) is 25.7 Å². The molecule has 106 valence electrons. The highest BCUT2D eigenvalue weighted by Crippen LogP contribution is 2.39. The predicted molar refractivity (Wildman–Crippen MR) is 99.2 cm³/mol. The molecule has 0 aliphatic carbocycles. The van der Waals surface area contributed by atoms with Crippen LogP contribution in [0.5, 0.6) is 11.5 Å². The van der Waals surface area contributed by atoms with Crippen molar-refractivity contribution in [3.63, 3.8) is 0 Å². The number of ether oxygens (including phenoxy) is 2. The fraction of sp³-hybridized carbons (Fsp3) is 0.143. The topological polar surface area (TPSA) is 70.5 Å². The Morgan fingerprint density at radius 2 is 1.10 bits per heavy atom. The van der Waals surface area contributed by atoms with Crippen LogP contribution in [0.4, 0.5) is 11.4 Å². The molecule has 0 saturated carbocycles. The second-order valence-corrected chi connectivity index (χ2v) is 6.47. The van der Waals surface area contributed by atoms with Gasteiger partial charge in [0, 0.05) is 18.3 Å². The van der Waals surface area contributed by atoms with E-state index in [-0.39, 0.29) is 0 Å². The van der Waals surface area contributed by atoms with Crippen molar-refractivity contribution in [3.8, 4) is 22.6 Å². The Balaban J connectivity index is 2.67. The molecule has 2 rings (SSSR count). The number of hydrogen-bond donors (Lipinski definition) is 2. The summed E-state index contributed by atoms with van der Waals surface area (Å²) in [5.41, 5.74) is 15.2. The molecule has 0 fully saturated rings. The summed E-state index contributed by atoms with van der Waals surface area (Å²) in [6.07, 6.45) is 0. The van der Waals surface area contributed by atoms with Gasteiger partial charge in [-0.05, 0) is 69.4 Å². The molecule has 0 aliphatic rings. The van der Waals surface area contributed by atoms with Crippen LogP contribution in [0.3, 0.4) is 0 Å². The van der Waals surface area contributed by atoms with Gasteiger partial charge in [-0.25, -0.2) is 0 Å². The highest BCUT2D eigenvalue weighted by atomic mass is 127. The van der Waals surface area contributed by atoms with Crippen LogP contribution in [0.25, 0.3) is 11.1 Å². The van der Waals surface area contributed by atoms with Crippen molar-refractivity contribution in [2.45, 2.75) is 0 Å². The van der Waals surface area contributed by atoms with Gasteiger partial charge in [-0.15, -0.1) is 0 Å². The Kier molecular flexibility index (Phi) is 4.84. The molecule has 0 saturated heterocycles. The molecule has 0 atom stereocenters. The number of benzene rings is 2. The van der Waals surface area contributed by atoms with E-state index in [2.05, 4.69) is 45.2 Å². The smallest absolute Gasteiger partial charge is 0.142 e. The van der Waals surface area contributed by atoms with Crippen molar-refractivity contribution in [2.24, 2.45) is 0 Å². The quantitative estimate of drug-likeness (QED) is 0.502. The van der Waals surface area contributed by atoms with E-state index in [1.54, 1.807) is 14.2 Å². The molecule has 6 heteroatoms. The molecule has 0 aliphatic heterocycles. The van der Waals surface area contributed by atoms with E-state index in [1.165, 1.54) is 0 Å². The molecule has 0 aromatic heterocycles. The minimum atomic E-state index is 0.623. The zero-order chi connectivity index (χ0) is 14.9. The van der Waals surface area contributed by atoms with Crippen molar-refractivity contribution >= 4 is 56.6 Å². The zero-order valence-corrected chi connectivity index (χ0v) is 15.4. The first kappa shape index (κ1) is 15.5. The average Bonchev–Trinajstić information content (AvgIpc) is 2.40. The lowest BCUT2D eigenvalue weighted by atomic mass is 10.0. The number of nitrogens with two attached hydrogens (primary N) is 2. The van der Waals surface area contributed by atoms with Crippen LogP contribution in [0.15, 0.2) is 24.3 Å². The van der Waals surface area contributed by atoms with Gasteiger partial charge in [-0.1, -0.05) is 0 Å². The van der Waals surface area contributed by atoms with E-state index in [9.17, 15) is 0 Å². The van der Waals surface area contributed by atoms with E-state index < -0.39 is 0 Å². The van der Waals surface area contributed by atoms with Gasteiger partial charge in [0.2, 0.25) is 0 Å². The van der Waals surface area contributed by atoms with Crippen LogP contribution in [-0.4, -0.2) is 14.2 Å². The van der Waals surface area contributed by atoms with Crippen LogP contribution < -0.4 is 20.9 Å². The molecule has 0 spiro atoms. The molecular formula is C14H14I2N2O2. The van der Waals surface area contributed by atoms with Crippen LogP contribution in [0.2, 0.25) is 0 Å². The van der Waals surface area contributed by atoms with Gasteiger partial charge >= 0.3 is 0 Å². The highest BCUT2D eigenvalue weighted by molar-refractivity contribution is 14.1. The minimum Gasteiger partial charge on any atom is -0.495 e. The van der Waals surface area contributed by atoms with Gasteiger partial charge in [-0.3, -0.25) is 0 Å². The average molecular weight is 496 g/mol. The molecule has 0 amide bonds. The van der Waals surface area contributed by atoms with Crippen LogP contribution in [0, 0.1) is 7.14 Å². The molecule has 0 bridgehead atoms. The van der Waals surface area contributed by atoms with E-state index in [0.717, 1.165) is 18.3 Å². The van der Waals surface area contributed by atoms with Gasteiger partial charge in [-0.2, -0.15) is 0 Å². The van der Waals surface area contributed by atoms with Gasteiger partial charge < -0.3 is 20.9 Å². The summed E-state index contributed by atoms with van der Waals surface area (Å²) in [5, 5.41) is 0. The van der Waals surface area contributed by atoms with Crippen molar-refractivity contribution in [1.29, 1.82) is 0 Å². The summed E-state index contributed by atoms with van der Waals surface area (Å²) in [6.45, 7) is 0. The Hall–Kier alpha value is -0.900. The van der Waals surface area contributed by atoms with E-state index in [1.807, 2.05) is 24.3 Å². The lowest BCUT2D eigenvalue weighted by Crippen LogP contribution is -1.98.